The second kappa shape index (κ2) is 19.7. The van der Waals surface area contributed by atoms with Gasteiger partial charge in [0.15, 0.2) is 0 Å². The fourth-order valence-corrected chi connectivity index (χ4v) is 11.9. The quantitative estimate of drug-likeness (QED) is 0.112. The normalized spacial score (nSPS) is 13.4. The molecule has 0 unspecified atom stereocenters. The largest absolute Gasteiger partial charge is 0.458 e. The van der Waals surface area contributed by atoms with Crippen LogP contribution in [0.3, 0.4) is 0 Å². The van der Waals surface area contributed by atoms with Crippen molar-refractivity contribution in [2.24, 2.45) is 0 Å². The molecule has 0 atom stereocenters. The zero-order valence-corrected chi connectivity index (χ0v) is 44.8. The number of rotatable bonds is 8. The van der Waals surface area contributed by atoms with Gasteiger partial charge in [0.25, 0.3) is 0 Å². The van der Waals surface area contributed by atoms with Gasteiger partial charge in [-0.05, 0) is 119 Å². The summed E-state index contributed by atoms with van der Waals surface area (Å²) in [7, 11) is -1.36. The second-order valence-electron chi connectivity index (χ2n) is 20.5. The Hall–Kier alpha value is -6.05. The van der Waals surface area contributed by atoms with Crippen LogP contribution in [0, 0.1) is 26.0 Å². The van der Waals surface area contributed by atoms with Crippen LogP contribution >= 0.6 is 0 Å². The van der Waals surface area contributed by atoms with Gasteiger partial charge in [-0.15, -0.1) is 48.0 Å². The van der Waals surface area contributed by atoms with Gasteiger partial charge in [-0.1, -0.05) is 138 Å². The second-order valence-corrected chi connectivity index (χ2v) is 25.5. The van der Waals surface area contributed by atoms with Crippen molar-refractivity contribution < 1.29 is 24.5 Å². The number of benzene rings is 5. The molecule has 1 aliphatic rings. The molecule has 0 bridgehead atoms. The van der Waals surface area contributed by atoms with E-state index in [0.717, 1.165) is 73.0 Å². The molecule has 10 aromatic rings. The molecule has 11 rings (SSSR count). The van der Waals surface area contributed by atoms with Crippen LogP contribution in [0.1, 0.15) is 106 Å². The van der Waals surface area contributed by atoms with E-state index < -0.39 is 8.07 Å². The SMILES string of the molecule is C[Si](C)(C)c1cnc(-c2[c-]cccc2)cc1C1CCCCC1.Cc1cc2nc(-c3[c-]ccc4oc5nc(C)ccc5c34)n(-c3c(C(C)C)cc(-c4ccc5ccccc5c4)cc3C(C)C)c2cn1.[Ir]. The Morgan fingerprint density at radius 2 is 1.42 bits per heavy atom. The van der Waals surface area contributed by atoms with Crippen molar-refractivity contribution >= 4 is 57.1 Å². The van der Waals surface area contributed by atoms with Crippen LogP contribution in [0.15, 0.2) is 132 Å². The molecule has 0 aliphatic heterocycles. The van der Waals surface area contributed by atoms with Crippen LogP contribution in [-0.4, -0.2) is 32.6 Å². The summed E-state index contributed by atoms with van der Waals surface area (Å²) in [4.78, 5) is 19.5. The van der Waals surface area contributed by atoms with Crippen molar-refractivity contribution in [1.29, 1.82) is 0 Å². The Morgan fingerprint density at radius 1 is 0.681 bits per heavy atom. The topological polar surface area (TPSA) is 69.6 Å². The van der Waals surface area contributed by atoms with Crippen molar-refractivity contribution in [3.05, 3.63) is 168 Å². The van der Waals surface area contributed by atoms with Crippen molar-refractivity contribution in [2.75, 3.05) is 0 Å². The zero-order valence-electron chi connectivity index (χ0n) is 41.4. The monoisotopic (exact) mass is 1100 g/mol. The number of imidazole rings is 1. The third-order valence-electron chi connectivity index (χ3n) is 13.8. The van der Waals surface area contributed by atoms with Crippen LogP contribution in [0.4, 0.5) is 0 Å². The molecule has 1 saturated carbocycles. The van der Waals surface area contributed by atoms with Crippen LogP contribution in [0.5, 0.6) is 0 Å². The van der Waals surface area contributed by atoms with Gasteiger partial charge in [0.2, 0.25) is 5.71 Å². The fraction of sp³-hybridized carbons (Fsp3) is 0.279. The van der Waals surface area contributed by atoms with Crippen LogP contribution in [0.25, 0.3) is 83.3 Å². The van der Waals surface area contributed by atoms with E-state index in [2.05, 4.69) is 155 Å². The average Bonchev–Trinajstić information content (AvgIpc) is 3.91. The zero-order chi connectivity index (χ0) is 47.3. The van der Waals surface area contributed by atoms with E-state index >= 15 is 0 Å². The predicted octanol–water partition coefficient (Wildman–Crippen LogP) is 16.0. The van der Waals surface area contributed by atoms with Gasteiger partial charge in [-0.25, -0.2) is 4.98 Å². The van der Waals surface area contributed by atoms with Crippen LogP contribution in [-0.2, 0) is 20.1 Å². The van der Waals surface area contributed by atoms with E-state index in [1.165, 1.54) is 65.1 Å². The van der Waals surface area contributed by atoms with E-state index in [-0.39, 0.29) is 31.9 Å². The first-order valence-electron chi connectivity index (χ1n) is 24.5. The van der Waals surface area contributed by atoms with Crippen molar-refractivity contribution in [2.45, 2.75) is 111 Å². The first kappa shape index (κ1) is 48.0. The first-order chi connectivity index (χ1) is 32.8. The molecule has 0 N–H and O–H groups in total. The smallest absolute Gasteiger partial charge is 0.215 e. The third-order valence-corrected chi connectivity index (χ3v) is 15.9. The Kier molecular flexibility index (Phi) is 13.7. The summed E-state index contributed by atoms with van der Waals surface area (Å²) in [6.07, 6.45) is 11.0. The van der Waals surface area contributed by atoms with E-state index in [1.807, 2.05) is 50.4 Å². The van der Waals surface area contributed by atoms with E-state index in [0.29, 0.717) is 5.71 Å². The molecule has 6 nitrogen and oxygen atoms in total. The average molecular weight is 1100 g/mol. The van der Waals surface area contributed by atoms with Gasteiger partial charge in [-0.2, -0.15) is 0 Å². The van der Waals surface area contributed by atoms with E-state index in [1.54, 1.807) is 10.8 Å². The number of furan rings is 1. The molecule has 1 aliphatic carbocycles. The molecule has 0 spiro atoms. The minimum Gasteiger partial charge on any atom is -0.458 e. The number of fused-ring (bicyclic) bond motifs is 5. The maximum Gasteiger partial charge on any atom is 0.215 e. The molecular weight excluding hydrogens is 1040 g/mol. The van der Waals surface area contributed by atoms with Crippen LogP contribution in [0.2, 0.25) is 19.6 Å². The first-order valence-corrected chi connectivity index (χ1v) is 28.0. The standard InChI is InChI=1S/C41H35N4O.C20H26NSi.Ir/c1-23(2)33-20-30(29-16-15-27-10-7-8-11-28(27)19-29)21-34(24(3)4)39(33)45-36-22-42-26(6)18-35(36)44-40(45)31-12-9-13-37-38(31)32-17-14-25(5)43-41(32)46-37;1-22(2,3)20-15-21-19(17-12-8-5-9-13-17)14-18(20)16-10-6-4-7-11-16;/h7-11,13-24H,1-6H3;5,8-9,12,14-16H,4,6-7,10-11H2,1-3H3;/q2*-1;. The molecule has 0 amide bonds. The number of aryl methyl sites for hydroxylation is 2. The Balaban J connectivity index is 0.000000217. The van der Waals surface area contributed by atoms with E-state index in [4.69, 9.17) is 24.4 Å². The van der Waals surface area contributed by atoms with Gasteiger partial charge in [0.05, 0.1) is 36.7 Å². The Bertz CT molecular complexity index is 3440. The van der Waals surface area contributed by atoms with E-state index in [9.17, 15) is 0 Å². The molecule has 0 saturated heterocycles. The van der Waals surface area contributed by atoms with Gasteiger partial charge < -0.3 is 14.0 Å². The summed E-state index contributed by atoms with van der Waals surface area (Å²) in [5.74, 6) is 2.05. The number of hydrogen-bond donors (Lipinski definition) is 0. The minimum atomic E-state index is -1.36. The minimum absolute atomic E-state index is 0. The molecule has 1 fully saturated rings. The van der Waals surface area contributed by atoms with Gasteiger partial charge >= 0.3 is 0 Å². The molecule has 5 aromatic carbocycles. The molecular formula is C61H61IrN5OSi-2. The van der Waals surface area contributed by atoms with Crippen molar-refractivity contribution in [3.8, 4) is 39.5 Å². The maximum atomic E-state index is 6.27. The fourth-order valence-electron chi connectivity index (χ4n) is 10.3. The van der Waals surface area contributed by atoms with Crippen molar-refractivity contribution in [1.82, 2.24) is 24.5 Å². The Labute approximate surface area is 422 Å². The predicted molar refractivity (Wildman–Crippen MR) is 286 cm³/mol. The molecule has 69 heavy (non-hydrogen) atoms. The Morgan fingerprint density at radius 3 is 2.13 bits per heavy atom. The molecule has 5 heterocycles. The van der Waals surface area contributed by atoms with Gasteiger partial charge in [-0.3, -0.25) is 9.97 Å². The van der Waals surface area contributed by atoms with Crippen LogP contribution < -0.4 is 5.19 Å². The maximum absolute atomic E-state index is 6.27. The van der Waals surface area contributed by atoms with Crippen molar-refractivity contribution in [3.63, 3.8) is 0 Å². The van der Waals surface area contributed by atoms with Gasteiger partial charge in [0.1, 0.15) is 0 Å². The summed E-state index contributed by atoms with van der Waals surface area (Å²) in [6.45, 7) is 20.4. The number of pyridine rings is 3. The third kappa shape index (κ3) is 9.52. The molecule has 5 aromatic heterocycles. The molecule has 1 radical (unpaired) electrons. The number of aromatic nitrogens is 5. The summed E-state index contributed by atoms with van der Waals surface area (Å²) in [6, 6.07) is 47.6. The summed E-state index contributed by atoms with van der Waals surface area (Å²) in [5, 5.41) is 5.97. The number of hydrogen-bond acceptors (Lipinski definition) is 5. The van der Waals surface area contributed by atoms with Gasteiger partial charge in [0, 0.05) is 48.8 Å². The summed E-state index contributed by atoms with van der Waals surface area (Å²) < 4.78 is 8.59. The summed E-state index contributed by atoms with van der Waals surface area (Å²) in [5.41, 5.74) is 15.9. The molecule has 8 heteroatoms. The molecule has 351 valence electrons. The summed E-state index contributed by atoms with van der Waals surface area (Å²) >= 11 is 0. The number of nitrogens with zero attached hydrogens (tertiary/aromatic N) is 5.